The van der Waals surface area contributed by atoms with Crippen molar-refractivity contribution in [3.05, 3.63) is 63.2 Å². The van der Waals surface area contributed by atoms with Crippen molar-refractivity contribution in [1.29, 1.82) is 0 Å². The van der Waals surface area contributed by atoms with Gasteiger partial charge < -0.3 is 9.42 Å². The maximum atomic E-state index is 13.9. The van der Waals surface area contributed by atoms with E-state index in [1.807, 2.05) is 18.4 Å². The van der Waals surface area contributed by atoms with Crippen LogP contribution in [0.5, 0.6) is 0 Å². The number of benzene rings is 1. The molecule has 9 heteroatoms. The van der Waals surface area contributed by atoms with E-state index in [0.717, 1.165) is 10.4 Å². The van der Waals surface area contributed by atoms with Crippen molar-refractivity contribution in [3.8, 4) is 11.3 Å². The van der Waals surface area contributed by atoms with Crippen LogP contribution in [-0.4, -0.2) is 41.9 Å². The summed E-state index contributed by atoms with van der Waals surface area (Å²) in [5, 5.41) is 5.83. The summed E-state index contributed by atoms with van der Waals surface area (Å²) in [5.74, 6) is -0.479. The van der Waals surface area contributed by atoms with Crippen LogP contribution in [0.1, 0.15) is 32.9 Å². The number of aryl methyl sites for hydroxylation is 2. The molecule has 158 valence electrons. The normalized spacial score (nSPS) is 17.9. The molecule has 0 bridgehead atoms. The first-order valence-electron chi connectivity index (χ1n) is 9.51. The molecule has 0 unspecified atom stereocenters. The van der Waals surface area contributed by atoms with Crippen molar-refractivity contribution in [2.75, 3.05) is 11.5 Å². The van der Waals surface area contributed by atoms with Gasteiger partial charge in [-0.15, -0.1) is 11.3 Å². The molecule has 3 heterocycles. The number of nitrogens with zero attached hydrogens (tertiary/aromatic N) is 2. The molecule has 0 N–H and O–H groups in total. The SMILES string of the molecule is Cc1ccc(-c2cc(C(=O)N(Cc3sccc3C)[C@H]3CCS(=O)(=O)C3)no2)cc1F. The Kier molecular flexibility index (Phi) is 5.50. The first kappa shape index (κ1) is 20.7. The standard InChI is InChI=1S/C21H21FN2O4S2/c1-13-3-4-15(9-17(13)22)19-10-18(23-28-19)21(25)24(11-20-14(2)5-7-29-20)16-6-8-30(26,27)12-16/h3-5,7,9-10,16H,6,8,11-12H2,1-2H3/t16-/m0/s1. The van der Waals surface area contributed by atoms with Gasteiger partial charge in [0.15, 0.2) is 21.3 Å². The van der Waals surface area contributed by atoms with E-state index in [4.69, 9.17) is 4.52 Å². The number of rotatable bonds is 5. The van der Waals surface area contributed by atoms with E-state index < -0.39 is 21.8 Å². The van der Waals surface area contributed by atoms with Crippen molar-refractivity contribution < 1.29 is 22.1 Å². The number of amides is 1. The Morgan fingerprint density at radius 1 is 1.27 bits per heavy atom. The van der Waals surface area contributed by atoms with E-state index in [1.54, 1.807) is 24.0 Å². The third kappa shape index (κ3) is 4.17. The summed E-state index contributed by atoms with van der Waals surface area (Å²) in [6.07, 6.45) is 0.395. The summed E-state index contributed by atoms with van der Waals surface area (Å²) in [7, 11) is -3.17. The van der Waals surface area contributed by atoms with E-state index in [0.29, 0.717) is 24.1 Å². The third-order valence-corrected chi connectivity index (χ3v) is 8.14. The van der Waals surface area contributed by atoms with Crippen LogP contribution >= 0.6 is 11.3 Å². The lowest BCUT2D eigenvalue weighted by atomic mass is 10.1. The smallest absolute Gasteiger partial charge is 0.276 e. The molecule has 0 saturated carbocycles. The van der Waals surface area contributed by atoms with Gasteiger partial charge in [0.2, 0.25) is 0 Å². The summed E-state index contributed by atoms with van der Waals surface area (Å²) in [4.78, 5) is 15.9. The van der Waals surface area contributed by atoms with Gasteiger partial charge in [-0.1, -0.05) is 17.3 Å². The van der Waals surface area contributed by atoms with Crippen LogP contribution in [0, 0.1) is 19.7 Å². The average Bonchev–Trinajstić information content (AvgIpc) is 3.42. The molecule has 1 aromatic carbocycles. The molecule has 0 spiro atoms. The van der Waals surface area contributed by atoms with Gasteiger partial charge in [0.1, 0.15) is 5.82 Å². The lowest BCUT2D eigenvalue weighted by molar-refractivity contribution is 0.0672. The minimum Gasteiger partial charge on any atom is -0.355 e. The van der Waals surface area contributed by atoms with E-state index in [9.17, 15) is 17.6 Å². The Balaban J connectivity index is 1.64. The van der Waals surface area contributed by atoms with E-state index in [-0.39, 0.29) is 28.8 Å². The number of halogens is 1. The fourth-order valence-corrected chi connectivity index (χ4v) is 6.15. The predicted octanol–water partition coefficient (Wildman–Crippen LogP) is 3.99. The second kappa shape index (κ2) is 7.96. The number of sulfone groups is 1. The zero-order valence-corrected chi connectivity index (χ0v) is 18.2. The van der Waals surface area contributed by atoms with E-state index in [2.05, 4.69) is 5.16 Å². The van der Waals surface area contributed by atoms with Crippen molar-refractivity contribution in [1.82, 2.24) is 10.1 Å². The van der Waals surface area contributed by atoms with Crippen LogP contribution in [0.4, 0.5) is 4.39 Å². The first-order valence-corrected chi connectivity index (χ1v) is 12.2. The van der Waals surface area contributed by atoms with Crippen LogP contribution in [0.2, 0.25) is 0 Å². The lowest BCUT2D eigenvalue weighted by Gasteiger charge is -2.27. The average molecular weight is 449 g/mol. The Hall–Kier alpha value is -2.52. The minimum absolute atomic E-state index is 0.0585. The van der Waals surface area contributed by atoms with Gasteiger partial charge >= 0.3 is 0 Å². The van der Waals surface area contributed by atoms with Gasteiger partial charge in [0.05, 0.1) is 18.1 Å². The maximum Gasteiger partial charge on any atom is 0.276 e. The molecular formula is C21H21FN2O4S2. The Labute approximate surface area is 178 Å². The molecule has 6 nitrogen and oxygen atoms in total. The number of carbonyl (C=O) groups is 1. The highest BCUT2D eigenvalue weighted by Gasteiger charge is 2.36. The highest BCUT2D eigenvalue weighted by Crippen LogP contribution is 2.27. The summed E-state index contributed by atoms with van der Waals surface area (Å²) in [6, 6.07) is 7.69. The van der Waals surface area contributed by atoms with Crippen molar-refractivity contribution >= 4 is 27.1 Å². The van der Waals surface area contributed by atoms with Crippen LogP contribution < -0.4 is 0 Å². The fraction of sp³-hybridized carbons (Fsp3) is 0.333. The Morgan fingerprint density at radius 3 is 2.70 bits per heavy atom. The largest absolute Gasteiger partial charge is 0.355 e. The third-order valence-electron chi connectivity index (χ3n) is 5.38. The van der Waals surface area contributed by atoms with Gasteiger partial charge in [0, 0.05) is 22.5 Å². The minimum atomic E-state index is -3.17. The molecule has 0 aliphatic carbocycles. The van der Waals surface area contributed by atoms with Crippen molar-refractivity contribution in [2.24, 2.45) is 0 Å². The lowest BCUT2D eigenvalue weighted by Crippen LogP contribution is -2.40. The first-order chi connectivity index (χ1) is 14.2. The monoisotopic (exact) mass is 448 g/mol. The zero-order valence-electron chi connectivity index (χ0n) is 16.6. The topological polar surface area (TPSA) is 80.5 Å². The molecule has 1 amide bonds. The summed E-state index contributed by atoms with van der Waals surface area (Å²) in [5.41, 5.74) is 2.11. The second-order valence-electron chi connectivity index (χ2n) is 7.56. The number of hydrogen-bond acceptors (Lipinski definition) is 6. The maximum absolute atomic E-state index is 13.9. The molecule has 4 rings (SSSR count). The molecule has 1 fully saturated rings. The number of hydrogen-bond donors (Lipinski definition) is 0. The highest BCUT2D eigenvalue weighted by atomic mass is 32.2. The molecule has 1 aliphatic rings. The van der Waals surface area contributed by atoms with Gasteiger partial charge in [-0.25, -0.2) is 12.8 Å². The van der Waals surface area contributed by atoms with Gasteiger partial charge in [0.25, 0.3) is 5.91 Å². The van der Waals surface area contributed by atoms with Gasteiger partial charge in [-0.05, 0) is 48.9 Å². The molecule has 0 radical (unpaired) electrons. The van der Waals surface area contributed by atoms with Crippen molar-refractivity contribution in [3.63, 3.8) is 0 Å². The van der Waals surface area contributed by atoms with E-state index in [1.165, 1.54) is 23.5 Å². The quantitative estimate of drug-likeness (QED) is 0.590. The molecule has 2 aromatic heterocycles. The molecule has 30 heavy (non-hydrogen) atoms. The number of carbonyl (C=O) groups excluding carboxylic acids is 1. The second-order valence-corrected chi connectivity index (χ2v) is 10.8. The van der Waals surface area contributed by atoms with Crippen LogP contribution in [0.3, 0.4) is 0 Å². The summed E-state index contributed by atoms with van der Waals surface area (Å²) in [6.45, 7) is 3.93. The molecule has 1 aliphatic heterocycles. The molecule has 1 saturated heterocycles. The molecule has 1 atom stereocenters. The van der Waals surface area contributed by atoms with Crippen molar-refractivity contribution in [2.45, 2.75) is 32.9 Å². The van der Waals surface area contributed by atoms with E-state index >= 15 is 0 Å². The highest BCUT2D eigenvalue weighted by molar-refractivity contribution is 7.91. The zero-order chi connectivity index (χ0) is 21.5. The Morgan fingerprint density at radius 2 is 2.07 bits per heavy atom. The summed E-state index contributed by atoms with van der Waals surface area (Å²) >= 11 is 1.53. The summed E-state index contributed by atoms with van der Waals surface area (Å²) < 4.78 is 43.2. The number of aromatic nitrogens is 1. The predicted molar refractivity (Wildman–Crippen MR) is 113 cm³/mol. The van der Waals surface area contributed by atoms with Crippen LogP contribution in [-0.2, 0) is 16.4 Å². The van der Waals surface area contributed by atoms with Crippen LogP contribution in [0.15, 0.2) is 40.2 Å². The molecular weight excluding hydrogens is 427 g/mol. The fourth-order valence-electron chi connectivity index (χ4n) is 3.51. The van der Waals surface area contributed by atoms with Crippen LogP contribution in [0.25, 0.3) is 11.3 Å². The van der Waals surface area contributed by atoms with Gasteiger partial charge in [-0.3, -0.25) is 4.79 Å². The Bertz CT molecular complexity index is 1200. The molecule has 3 aromatic rings. The number of thiophene rings is 1. The van der Waals surface area contributed by atoms with Gasteiger partial charge in [-0.2, -0.15) is 0 Å².